The summed E-state index contributed by atoms with van der Waals surface area (Å²) in [7, 11) is 3.26. The van der Waals surface area contributed by atoms with Gasteiger partial charge in [-0.3, -0.25) is 9.59 Å². The average molecular weight is 243 g/mol. The number of likely N-dealkylation sites (N-methyl/N-ethyl adjacent to an activating group) is 1. The van der Waals surface area contributed by atoms with Crippen molar-refractivity contribution in [3.8, 4) is 0 Å². The van der Waals surface area contributed by atoms with Crippen molar-refractivity contribution in [3.63, 3.8) is 0 Å². The fourth-order valence-corrected chi connectivity index (χ4v) is 1.41. The highest BCUT2D eigenvalue weighted by Gasteiger charge is 2.44. The van der Waals surface area contributed by atoms with Crippen LogP contribution in [-0.2, 0) is 19.1 Å². The Hall–Kier alpha value is -1.10. The van der Waals surface area contributed by atoms with Crippen LogP contribution in [0.5, 0.6) is 0 Å². The largest absolute Gasteiger partial charge is 0.455 e. The zero-order valence-electron chi connectivity index (χ0n) is 10.9. The van der Waals surface area contributed by atoms with Crippen molar-refractivity contribution in [2.75, 3.05) is 27.3 Å². The molecule has 0 saturated heterocycles. The average Bonchev–Trinajstić information content (AvgIpc) is 3.01. The van der Waals surface area contributed by atoms with Crippen LogP contribution < -0.4 is 0 Å². The predicted molar refractivity (Wildman–Crippen MR) is 62.3 cm³/mol. The maximum absolute atomic E-state index is 11.5. The number of nitrogens with zero attached hydrogens (tertiary/aromatic N) is 1. The molecule has 0 aliphatic heterocycles. The van der Waals surface area contributed by atoms with Gasteiger partial charge in [-0.25, -0.2) is 0 Å². The molecular formula is C12H21NO4. The molecule has 0 spiro atoms. The third-order valence-electron chi connectivity index (χ3n) is 2.71. The van der Waals surface area contributed by atoms with E-state index >= 15 is 0 Å². The van der Waals surface area contributed by atoms with Crippen LogP contribution in [-0.4, -0.2) is 50.2 Å². The summed E-state index contributed by atoms with van der Waals surface area (Å²) in [5.41, 5.74) is 0. The normalized spacial score (nSPS) is 22.4. The molecule has 1 rings (SSSR count). The van der Waals surface area contributed by atoms with Crippen molar-refractivity contribution in [3.05, 3.63) is 0 Å². The molecular weight excluding hydrogens is 222 g/mol. The lowest BCUT2D eigenvalue weighted by atomic mass is 10.3. The highest BCUT2D eigenvalue weighted by Crippen LogP contribution is 2.39. The fraction of sp³-hybridized carbons (Fsp3) is 0.833. The van der Waals surface area contributed by atoms with Crippen LogP contribution in [0, 0.1) is 11.8 Å². The number of ether oxygens (including phenoxy) is 2. The molecule has 0 bridgehead atoms. The van der Waals surface area contributed by atoms with Crippen LogP contribution >= 0.6 is 0 Å². The molecule has 0 radical (unpaired) electrons. The smallest absolute Gasteiger partial charge is 0.309 e. The molecule has 1 amide bonds. The van der Waals surface area contributed by atoms with Crippen LogP contribution in [0.15, 0.2) is 0 Å². The Kier molecular flexibility index (Phi) is 4.93. The summed E-state index contributed by atoms with van der Waals surface area (Å²) >= 11 is 0. The second-order valence-electron chi connectivity index (χ2n) is 4.88. The first-order chi connectivity index (χ1) is 7.91. The van der Waals surface area contributed by atoms with Gasteiger partial charge < -0.3 is 14.4 Å². The van der Waals surface area contributed by atoms with Crippen LogP contribution in [0.25, 0.3) is 0 Å². The van der Waals surface area contributed by atoms with Gasteiger partial charge in [-0.05, 0) is 26.2 Å². The van der Waals surface area contributed by atoms with E-state index in [0.29, 0.717) is 6.61 Å². The molecule has 0 N–H and O–H groups in total. The van der Waals surface area contributed by atoms with Gasteiger partial charge in [-0.1, -0.05) is 0 Å². The molecule has 1 saturated carbocycles. The van der Waals surface area contributed by atoms with Crippen molar-refractivity contribution in [1.29, 1.82) is 0 Å². The van der Waals surface area contributed by atoms with Gasteiger partial charge in [-0.2, -0.15) is 0 Å². The molecule has 0 heterocycles. The lowest BCUT2D eigenvalue weighted by Gasteiger charge is -2.10. The van der Waals surface area contributed by atoms with Crippen LogP contribution in [0.4, 0.5) is 0 Å². The molecule has 17 heavy (non-hydrogen) atoms. The van der Waals surface area contributed by atoms with E-state index in [9.17, 15) is 9.59 Å². The first-order valence-electron chi connectivity index (χ1n) is 5.90. The van der Waals surface area contributed by atoms with Gasteiger partial charge in [0.15, 0.2) is 6.61 Å². The van der Waals surface area contributed by atoms with E-state index < -0.39 is 0 Å². The monoisotopic (exact) mass is 243 g/mol. The summed E-state index contributed by atoms with van der Waals surface area (Å²) in [6.45, 7) is 4.36. The van der Waals surface area contributed by atoms with Gasteiger partial charge in [-0.15, -0.1) is 0 Å². The SMILES string of the molecule is CC(C)OC[C@@H]1C[C@H]1C(=O)OCC(=O)N(C)C. The number of carbonyl (C=O) groups is 2. The van der Waals surface area contributed by atoms with Gasteiger partial charge in [0.2, 0.25) is 0 Å². The maximum Gasteiger partial charge on any atom is 0.309 e. The minimum Gasteiger partial charge on any atom is -0.455 e. The molecule has 0 aromatic heterocycles. The van der Waals surface area contributed by atoms with E-state index in [-0.39, 0.29) is 36.4 Å². The third-order valence-corrected chi connectivity index (χ3v) is 2.71. The Morgan fingerprint density at radius 3 is 2.53 bits per heavy atom. The quantitative estimate of drug-likeness (QED) is 0.644. The topological polar surface area (TPSA) is 55.8 Å². The predicted octanol–water partition coefficient (Wildman–Crippen LogP) is 0.679. The summed E-state index contributed by atoms with van der Waals surface area (Å²) in [5, 5.41) is 0. The summed E-state index contributed by atoms with van der Waals surface area (Å²) in [4.78, 5) is 24.2. The van der Waals surface area contributed by atoms with Gasteiger partial charge >= 0.3 is 5.97 Å². The molecule has 0 unspecified atom stereocenters. The van der Waals surface area contributed by atoms with Crippen LogP contribution in [0.3, 0.4) is 0 Å². The molecule has 1 fully saturated rings. The Bertz CT molecular complexity index is 288. The number of esters is 1. The van der Waals surface area contributed by atoms with E-state index in [2.05, 4.69) is 0 Å². The van der Waals surface area contributed by atoms with Crippen molar-refractivity contribution in [2.45, 2.75) is 26.4 Å². The second-order valence-corrected chi connectivity index (χ2v) is 4.88. The highest BCUT2D eigenvalue weighted by atomic mass is 16.5. The molecule has 1 aliphatic carbocycles. The number of hydrogen-bond acceptors (Lipinski definition) is 4. The number of amides is 1. The summed E-state index contributed by atoms with van der Waals surface area (Å²) in [5.74, 6) is -0.297. The summed E-state index contributed by atoms with van der Waals surface area (Å²) in [6.07, 6.45) is 0.990. The molecule has 0 aromatic rings. The van der Waals surface area contributed by atoms with Gasteiger partial charge in [0.25, 0.3) is 5.91 Å². The number of carbonyl (C=O) groups excluding carboxylic acids is 2. The van der Waals surface area contributed by atoms with E-state index in [1.54, 1.807) is 14.1 Å². The van der Waals surface area contributed by atoms with Crippen molar-refractivity contribution < 1.29 is 19.1 Å². The lowest BCUT2D eigenvalue weighted by molar-refractivity contribution is -0.152. The molecule has 5 heteroatoms. The second kappa shape index (κ2) is 6.00. The molecule has 98 valence electrons. The minimum atomic E-state index is -0.280. The zero-order valence-corrected chi connectivity index (χ0v) is 10.9. The first-order valence-corrected chi connectivity index (χ1v) is 5.90. The van der Waals surface area contributed by atoms with E-state index in [1.807, 2.05) is 13.8 Å². The van der Waals surface area contributed by atoms with Crippen LogP contribution in [0.1, 0.15) is 20.3 Å². The Morgan fingerprint density at radius 1 is 1.35 bits per heavy atom. The van der Waals surface area contributed by atoms with Gasteiger partial charge in [0.1, 0.15) is 0 Å². The molecule has 0 aromatic carbocycles. The van der Waals surface area contributed by atoms with E-state index in [4.69, 9.17) is 9.47 Å². The third kappa shape index (κ3) is 4.73. The van der Waals surface area contributed by atoms with Crippen LogP contribution in [0.2, 0.25) is 0 Å². The first kappa shape index (κ1) is 14.0. The zero-order chi connectivity index (χ0) is 13.0. The molecule has 2 atom stereocenters. The summed E-state index contributed by atoms with van der Waals surface area (Å²) < 4.78 is 10.4. The standard InChI is InChI=1S/C12H21NO4/c1-8(2)16-6-9-5-10(9)12(15)17-7-11(14)13(3)4/h8-10H,5-7H2,1-4H3/t9-,10+/m0/s1. The minimum absolute atomic E-state index is 0.0799. The Morgan fingerprint density at radius 2 is 2.00 bits per heavy atom. The van der Waals surface area contributed by atoms with E-state index in [0.717, 1.165) is 6.42 Å². The van der Waals surface area contributed by atoms with Gasteiger partial charge in [0.05, 0.1) is 18.6 Å². The number of rotatable bonds is 6. The van der Waals surface area contributed by atoms with Crippen molar-refractivity contribution in [1.82, 2.24) is 4.90 Å². The molecule has 1 aliphatic rings. The number of hydrogen-bond donors (Lipinski definition) is 0. The Balaban J connectivity index is 2.17. The lowest BCUT2D eigenvalue weighted by Crippen LogP contribution is -2.28. The highest BCUT2D eigenvalue weighted by molar-refractivity contribution is 5.82. The molecule has 5 nitrogen and oxygen atoms in total. The van der Waals surface area contributed by atoms with E-state index in [1.165, 1.54) is 4.90 Å². The van der Waals surface area contributed by atoms with Crippen molar-refractivity contribution in [2.24, 2.45) is 11.8 Å². The Labute approximate surface area is 102 Å². The maximum atomic E-state index is 11.5. The summed E-state index contributed by atoms with van der Waals surface area (Å²) in [6, 6.07) is 0. The van der Waals surface area contributed by atoms with Gasteiger partial charge in [0, 0.05) is 14.1 Å². The van der Waals surface area contributed by atoms with Crippen molar-refractivity contribution >= 4 is 11.9 Å². The fourth-order valence-electron chi connectivity index (χ4n) is 1.41.